The van der Waals surface area contributed by atoms with E-state index in [2.05, 4.69) is 15.0 Å². The molecule has 2 aromatic heterocycles. The number of methoxy groups -OCH3 is 1. The summed E-state index contributed by atoms with van der Waals surface area (Å²) in [5, 5.41) is 19.1. The van der Waals surface area contributed by atoms with Crippen molar-refractivity contribution < 1.29 is 19.7 Å². The van der Waals surface area contributed by atoms with Crippen molar-refractivity contribution >= 4 is 17.1 Å². The van der Waals surface area contributed by atoms with Crippen LogP contribution in [0.1, 0.15) is 6.42 Å². The summed E-state index contributed by atoms with van der Waals surface area (Å²) >= 11 is 0. The molecular weight excluding hydrogens is 282 g/mol. The number of aromatic amines is 1. The number of anilines is 1. The van der Waals surface area contributed by atoms with E-state index in [9.17, 15) is 15.0 Å². The molecule has 1 saturated heterocycles. The van der Waals surface area contributed by atoms with Gasteiger partial charge in [0.05, 0.1) is 19.1 Å². The van der Waals surface area contributed by atoms with Crippen molar-refractivity contribution in [2.45, 2.75) is 24.5 Å². The summed E-state index contributed by atoms with van der Waals surface area (Å²) in [6.07, 6.45) is -0.356. The van der Waals surface area contributed by atoms with Crippen molar-refractivity contribution in [1.82, 2.24) is 19.5 Å². The highest BCUT2D eigenvalue weighted by molar-refractivity contribution is 5.70. The maximum absolute atomic E-state index is 11.8. The Balaban J connectivity index is 2.17. The van der Waals surface area contributed by atoms with Gasteiger partial charge in [0.25, 0.3) is 11.5 Å². The Morgan fingerprint density at radius 1 is 1.71 bits per heavy atom. The van der Waals surface area contributed by atoms with Crippen molar-refractivity contribution in [3.63, 3.8) is 0 Å². The molecule has 10 heteroatoms. The molecule has 2 aromatic rings. The van der Waals surface area contributed by atoms with Crippen LogP contribution in [0.4, 0.5) is 5.95 Å². The molecule has 0 bridgehead atoms. The zero-order valence-electron chi connectivity index (χ0n) is 11.2. The third kappa shape index (κ3) is 2.00. The van der Waals surface area contributed by atoms with Crippen LogP contribution in [0.25, 0.3) is 11.2 Å². The van der Waals surface area contributed by atoms with Crippen molar-refractivity contribution in [2.24, 2.45) is 0 Å². The van der Waals surface area contributed by atoms with Crippen LogP contribution in [-0.2, 0) is 15.4 Å². The number of rotatable bonds is 3. The van der Waals surface area contributed by atoms with Gasteiger partial charge < -0.3 is 25.4 Å². The fourth-order valence-electron chi connectivity index (χ4n) is 2.48. The smallest absolute Gasteiger partial charge is 0.280 e. The maximum Gasteiger partial charge on any atom is 0.280 e. The number of fused-ring (bicyclic) bond motifs is 1. The molecule has 0 amide bonds. The number of nitrogens with one attached hydrogen (secondary N) is 1. The summed E-state index contributed by atoms with van der Waals surface area (Å²) in [5.41, 5.74) is 5.30. The molecule has 3 heterocycles. The maximum atomic E-state index is 11.8. The monoisotopic (exact) mass is 297 g/mol. The Labute approximate surface area is 118 Å². The molecule has 5 N–H and O–H groups in total. The molecule has 0 aromatic carbocycles. The molecule has 1 aliphatic rings. The van der Waals surface area contributed by atoms with Gasteiger partial charge in [-0.3, -0.25) is 14.3 Å². The van der Waals surface area contributed by atoms with Gasteiger partial charge in [-0.25, -0.2) is 4.98 Å². The van der Waals surface area contributed by atoms with Crippen LogP contribution in [-0.4, -0.2) is 55.7 Å². The van der Waals surface area contributed by atoms with Gasteiger partial charge in [0.2, 0.25) is 5.95 Å². The van der Waals surface area contributed by atoms with Crippen LogP contribution in [0.5, 0.6) is 0 Å². The highest BCUT2D eigenvalue weighted by Gasteiger charge is 2.49. The summed E-state index contributed by atoms with van der Waals surface area (Å²) in [7, 11) is 1.38. The lowest BCUT2D eigenvalue weighted by Crippen LogP contribution is -2.36. The lowest BCUT2D eigenvalue weighted by atomic mass is 10.2. The van der Waals surface area contributed by atoms with Crippen molar-refractivity contribution in [1.29, 1.82) is 0 Å². The van der Waals surface area contributed by atoms with E-state index >= 15 is 0 Å². The van der Waals surface area contributed by atoms with Crippen LogP contribution in [0.15, 0.2) is 11.1 Å². The minimum Gasteiger partial charge on any atom is -0.394 e. The Kier molecular flexibility index (Phi) is 3.17. The number of nitrogens with zero attached hydrogens (tertiary/aromatic N) is 3. The number of aromatic nitrogens is 4. The van der Waals surface area contributed by atoms with Gasteiger partial charge in [-0.1, -0.05) is 0 Å². The van der Waals surface area contributed by atoms with E-state index < -0.39 is 23.7 Å². The van der Waals surface area contributed by atoms with Gasteiger partial charge in [-0.15, -0.1) is 0 Å². The van der Waals surface area contributed by atoms with Crippen LogP contribution in [0.2, 0.25) is 0 Å². The topological polar surface area (TPSA) is 149 Å². The Morgan fingerprint density at radius 3 is 3.10 bits per heavy atom. The van der Waals surface area contributed by atoms with Gasteiger partial charge in [0.1, 0.15) is 12.4 Å². The molecule has 0 saturated carbocycles. The van der Waals surface area contributed by atoms with Crippen molar-refractivity contribution in [3.8, 4) is 0 Å². The summed E-state index contributed by atoms with van der Waals surface area (Å²) in [6, 6.07) is 0. The minimum absolute atomic E-state index is 0.0502. The SMILES string of the molecule is CO[C@]1(n2cnc3c(=O)[nH]c(N)nc32)C[C@H](O)[C@@H](CO)O1. The van der Waals surface area contributed by atoms with E-state index in [-0.39, 0.29) is 30.1 Å². The summed E-state index contributed by atoms with van der Waals surface area (Å²) in [4.78, 5) is 22.1. The summed E-state index contributed by atoms with van der Waals surface area (Å²) < 4.78 is 12.4. The third-order valence-corrected chi connectivity index (χ3v) is 3.52. The number of aliphatic hydroxyl groups excluding tert-OH is 2. The first-order valence-corrected chi connectivity index (χ1v) is 6.26. The van der Waals surface area contributed by atoms with E-state index in [0.717, 1.165) is 0 Å². The number of hydrogen-bond donors (Lipinski definition) is 4. The number of ether oxygens (including phenoxy) is 2. The average molecular weight is 297 g/mol. The lowest BCUT2D eigenvalue weighted by Gasteiger charge is -2.28. The molecule has 1 fully saturated rings. The number of aliphatic hydroxyl groups is 2. The van der Waals surface area contributed by atoms with Crippen molar-refractivity contribution in [3.05, 3.63) is 16.7 Å². The first kappa shape index (κ1) is 13.9. The van der Waals surface area contributed by atoms with E-state index in [4.69, 9.17) is 15.2 Å². The zero-order valence-corrected chi connectivity index (χ0v) is 11.2. The third-order valence-electron chi connectivity index (χ3n) is 3.52. The highest BCUT2D eigenvalue weighted by atomic mass is 16.7. The van der Waals surface area contributed by atoms with E-state index in [0.29, 0.717) is 0 Å². The van der Waals surface area contributed by atoms with Gasteiger partial charge >= 0.3 is 0 Å². The largest absolute Gasteiger partial charge is 0.394 e. The first-order valence-electron chi connectivity index (χ1n) is 6.26. The molecule has 0 aliphatic carbocycles. The predicted octanol–water partition coefficient (Wildman–Crippen LogP) is -1.90. The van der Waals surface area contributed by atoms with Gasteiger partial charge in [-0.05, 0) is 0 Å². The van der Waals surface area contributed by atoms with Gasteiger partial charge in [0.15, 0.2) is 11.2 Å². The van der Waals surface area contributed by atoms with E-state index in [1.54, 1.807) is 0 Å². The number of hydrogen-bond acceptors (Lipinski definition) is 8. The standard InChI is InChI=1S/C11H15N5O5/c1-20-11(2-5(18)6(3-17)21-11)16-4-13-7-8(16)14-10(12)15-9(7)19/h4-6,17-18H,2-3H2,1H3,(H3,12,14,15,19)/t5-,6+,11+/m0/s1. The number of H-pyrrole nitrogens is 1. The average Bonchev–Trinajstić information content (AvgIpc) is 3.00. The number of nitrogen functional groups attached to an aromatic ring is 1. The normalized spacial score (nSPS) is 29.3. The Bertz CT molecular complexity index is 727. The zero-order chi connectivity index (χ0) is 15.2. The second-order valence-electron chi connectivity index (χ2n) is 4.77. The second-order valence-corrected chi connectivity index (χ2v) is 4.77. The number of nitrogens with two attached hydrogens (primary N) is 1. The van der Waals surface area contributed by atoms with Crippen LogP contribution >= 0.6 is 0 Å². The Morgan fingerprint density at radius 2 is 2.48 bits per heavy atom. The molecule has 3 atom stereocenters. The molecule has 0 radical (unpaired) electrons. The number of imidazole rings is 1. The minimum atomic E-state index is -1.41. The predicted molar refractivity (Wildman–Crippen MR) is 70.1 cm³/mol. The fourth-order valence-corrected chi connectivity index (χ4v) is 2.48. The summed E-state index contributed by atoms with van der Waals surface area (Å²) in [6.45, 7) is -0.366. The van der Waals surface area contributed by atoms with Gasteiger partial charge in [-0.2, -0.15) is 4.98 Å². The molecule has 3 rings (SSSR count). The van der Waals surface area contributed by atoms with Gasteiger partial charge in [0, 0.05) is 7.11 Å². The Hall–Kier alpha value is -2.01. The molecule has 10 nitrogen and oxygen atoms in total. The quantitative estimate of drug-likeness (QED) is 0.513. The first-order chi connectivity index (χ1) is 10.0. The molecule has 1 aliphatic heterocycles. The van der Waals surface area contributed by atoms with E-state index in [1.165, 1.54) is 18.0 Å². The highest BCUT2D eigenvalue weighted by Crippen LogP contribution is 2.37. The summed E-state index contributed by atoms with van der Waals surface area (Å²) in [5.74, 6) is -1.48. The van der Waals surface area contributed by atoms with Crippen molar-refractivity contribution in [2.75, 3.05) is 19.5 Å². The molecule has 0 unspecified atom stereocenters. The van der Waals surface area contributed by atoms with E-state index in [1.807, 2.05) is 0 Å². The molecule has 21 heavy (non-hydrogen) atoms. The second kappa shape index (κ2) is 4.77. The van der Waals surface area contributed by atoms with Crippen LogP contribution in [0, 0.1) is 0 Å². The van der Waals surface area contributed by atoms with Crippen LogP contribution < -0.4 is 11.3 Å². The fraction of sp³-hybridized carbons (Fsp3) is 0.545. The van der Waals surface area contributed by atoms with Crippen LogP contribution in [0.3, 0.4) is 0 Å². The molecule has 114 valence electrons. The molecular formula is C11H15N5O5. The lowest BCUT2D eigenvalue weighted by molar-refractivity contribution is -0.271. The molecule has 0 spiro atoms.